The third-order valence-electron chi connectivity index (χ3n) is 3.50. The van der Waals surface area contributed by atoms with Crippen molar-refractivity contribution in [3.05, 3.63) is 29.6 Å². The molecule has 0 bridgehead atoms. The number of hydrogen-bond acceptors (Lipinski definition) is 2. The van der Waals surface area contributed by atoms with Gasteiger partial charge in [-0.05, 0) is 29.5 Å². The van der Waals surface area contributed by atoms with Crippen LogP contribution in [-0.2, 0) is 4.79 Å². The Morgan fingerprint density at radius 2 is 2.05 bits per heavy atom. The number of hydrogen-bond donors (Lipinski definition) is 2. The summed E-state index contributed by atoms with van der Waals surface area (Å²) in [6.45, 7) is 8.22. The fourth-order valence-electron chi connectivity index (χ4n) is 1.56. The van der Waals surface area contributed by atoms with Crippen LogP contribution in [0.1, 0.15) is 39.7 Å². The van der Waals surface area contributed by atoms with Crippen molar-refractivity contribution in [2.45, 2.75) is 34.1 Å². The highest BCUT2D eigenvalue weighted by molar-refractivity contribution is 7.80. The molecule has 20 heavy (non-hydrogen) atoms. The molecule has 1 rings (SSSR count). The van der Waals surface area contributed by atoms with Crippen molar-refractivity contribution in [2.24, 2.45) is 17.1 Å². The van der Waals surface area contributed by atoms with E-state index in [-0.39, 0.29) is 27.9 Å². The molecule has 0 saturated carbocycles. The van der Waals surface area contributed by atoms with Gasteiger partial charge in [0.05, 0.1) is 5.69 Å². The molecule has 0 radical (unpaired) electrons. The Morgan fingerprint density at radius 1 is 1.45 bits per heavy atom. The first kappa shape index (κ1) is 16.6. The molecule has 0 saturated heterocycles. The molecular weight excluding hydrogens is 275 g/mol. The Bertz CT molecular complexity index is 523. The van der Waals surface area contributed by atoms with Gasteiger partial charge in [0.15, 0.2) is 0 Å². The molecule has 0 aliphatic carbocycles. The highest BCUT2D eigenvalue weighted by Gasteiger charge is 2.22. The summed E-state index contributed by atoms with van der Waals surface area (Å²) in [6, 6.07) is 4.29. The van der Waals surface area contributed by atoms with Crippen molar-refractivity contribution in [1.29, 1.82) is 0 Å². The van der Waals surface area contributed by atoms with Gasteiger partial charge < -0.3 is 11.1 Å². The standard InChI is InChI=1S/C15H21FN2OS/c1-9(15(2,3)4)7-13(19)18-12-6-5-10(14(17)20)8-11(12)16/h5-6,8-9H,7H2,1-4H3,(H2,17,20)(H,18,19). The fourth-order valence-corrected chi connectivity index (χ4v) is 1.68. The third-order valence-corrected chi connectivity index (χ3v) is 3.73. The van der Waals surface area contributed by atoms with Gasteiger partial charge in [-0.15, -0.1) is 0 Å². The van der Waals surface area contributed by atoms with Crippen LogP contribution in [0.4, 0.5) is 10.1 Å². The molecule has 1 unspecified atom stereocenters. The number of halogens is 1. The predicted molar refractivity (Wildman–Crippen MR) is 84.2 cm³/mol. The summed E-state index contributed by atoms with van der Waals surface area (Å²) in [5.74, 6) is -0.539. The number of amides is 1. The highest BCUT2D eigenvalue weighted by atomic mass is 32.1. The van der Waals surface area contributed by atoms with Gasteiger partial charge in [-0.3, -0.25) is 4.79 Å². The van der Waals surface area contributed by atoms with E-state index in [0.29, 0.717) is 12.0 Å². The lowest BCUT2D eigenvalue weighted by atomic mass is 9.80. The van der Waals surface area contributed by atoms with Crippen molar-refractivity contribution in [1.82, 2.24) is 0 Å². The molecule has 1 aromatic carbocycles. The maximum Gasteiger partial charge on any atom is 0.224 e. The van der Waals surface area contributed by atoms with Crippen LogP contribution < -0.4 is 11.1 Å². The van der Waals surface area contributed by atoms with Crippen LogP contribution in [0.15, 0.2) is 18.2 Å². The van der Waals surface area contributed by atoms with Gasteiger partial charge in [0, 0.05) is 12.0 Å². The third kappa shape index (κ3) is 4.56. The molecule has 1 atom stereocenters. The van der Waals surface area contributed by atoms with E-state index in [9.17, 15) is 9.18 Å². The number of benzene rings is 1. The van der Waals surface area contributed by atoms with Gasteiger partial charge in [0.2, 0.25) is 5.91 Å². The monoisotopic (exact) mass is 296 g/mol. The minimum Gasteiger partial charge on any atom is -0.389 e. The Hall–Kier alpha value is -1.49. The van der Waals surface area contributed by atoms with E-state index in [0.717, 1.165) is 0 Å². The van der Waals surface area contributed by atoms with Crippen LogP contribution in [0.5, 0.6) is 0 Å². The number of thiocarbonyl (C=S) groups is 1. The summed E-state index contributed by atoms with van der Waals surface area (Å²) in [6.07, 6.45) is 0.347. The Labute approximate surface area is 124 Å². The zero-order valence-corrected chi connectivity index (χ0v) is 13.1. The number of carbonyl (C=O) groups excluding carboxylic acids is 1. The van der Waals surface area contributed by atoms with Gasteiger partial charge in [0.1, 0.15) is 10.8 Å². The quantitative estimate of drug-likeness (QED) is 0.836. The molecule has 1 aromatic rings. The van der Waals surface area contributed by atoms with Crippen molar-refractivity contribution >= 4 is 28.8 Å². The fraction of sp³-hybridized carbons (Fsp3) is 0.467. The van der Waals surface area contributed by atoms with E-state index in [4.69, 9.17) is 18.0 Å². The molecule has 0 spiro atoms. The SMILES string of the molecule is CC(CC(=O)Nc1ccc(C(N)=S)cc1F)C(C)(C)C. The maximum absolute atomic E-state index is 13.8. The van der Waals surface area contributed by atoms with Crippen molar-refractivity contribution in [3.63, 3.8) is 0 Å². The zero-order valence-electron chi connectivity index (χ0n) is 12.3. The Balaban J connectivity index is 2.74. The summed E-state index contributed by atoms with van der Waals surface area (Å²) in [5.41, 5.74) is 6.05. The van der Waals surface area contributed by atoms with Crippen LogP contribution in [0.25, 0.3) is 0 Å². The Morgan fingerprint density at radius 3 is 2.50 bits per heavy atom. The van der Waals surface area contributed by atoms with Crippen LogP contribution in [0, 0.1) is 17.2 Å². The lowest BCUT2D eigenvalue weighted by molar-refractivity contribution is -0.117. The summed E-state index contributed by atoms with van der Waals surface area (Å²) in [5, 5.41) is 2.58. The number of nitrogens with one attached hydrogen (secondary N) is 1. The minimum atomic E-state index is -0.535. The molecule has 0 aromatic heterocycles. The first-order valence-corrected chi connectivity index (χ1v) is 6.91. The van der Waals surface area contributed by atoms with Crippen LogP contribution >= 0.6 is 12.2 Å². The average Bonchev–Trinajstić information content (AvgIpc) is 2.30. The summed E-state index contributed by atoms with van der Waals surface area (Å²) < 4.78 is 13.8. The number of anilines is 1. The highest BCUT2D eigenvalue weighted by Crippen LogP contribution is 2.28. The van der Waals surface area contributed by atoms with E-state index in [1.807, 2.05) is 6.92 Å². The van der Waals surface area contributed by atoms with E-state index < -0.39 is 5.82 Å². The average molecular weight is 296 g/mol. The van der Waals surface area contributed by atoms with E-state index in [2.05, 4.69) is 26.1 Å². The van der Waals surface area contributed by atoms with Crippen LogP contribution in [0.2, 0.25) is 0 Å². The molecule has 0 heterocycles. The van der Waals surface area contributed by atoms with Gasteiger partial charge in [-0.25, -0.2) is 4.39 Å². The maximum atomic E-state index is 13.8. The van der Waals surface area contributed by atoms with Gasteiger partial charge in [-0.2, -0.15) is 0 Å². The van der Waals surface area contributed by atoms with E-state index in [1.165, 1.54) is 12.1 Å². The largest absolute Gasteiger partial charge is 0.389 e. The molecule has 0 aliphatic rings. The van der Waals surface area contributed by atoms with Crippen LogP contribution in [-0.4, -0.2) is 10.9 Å². The number of rotatable bonds is 4. The lowest BCUT2D eigenvalue weighted by Gasteiger charge is -2.26. The summed E-state index contributed by atoms with van der Waals surface area (Å²) >= 11 is 4.77. The Kier molecular flexibility index (Phi) is 5.22. The summed E-state index contributed by atoms with van der Waals surface area (Å²) in [4.78, 5) is 12.0. The predicted octanol–water partition coefficient (Wildman–Crippen LogP) is 3.47. The molecular formula is C15H21FN2OS. The molecule has 1 amide bonds. The number of carbonyl (C=O) groups is 1. The topological polar surface area (TPSA) is 55.1 Å². The van der Waals surface area contributed by atoms with Crippen molar-refractivity contribution in [2.75, 3.05) is 5.32 Å². The zero-order chi connectivity index (χ0) is 15.5. The smallest absolute Gasteiger partial charge is 0.224 e. The molecule has 0 aliphatic heterocycles. The molecule has 0 fully saturated rings. The van der Waals surface area contributed by atoms with Gasteiger partial charge >= 0.3 is 0 Å². The van der Waals surface area contributed by atoms with Crippen LogP contribution in [0.3, 0.4) is 0 Å². The lowest BCUT2D eigenvalue weighted by Crippen LogP contribution is -2.24. The second kappa shape index (κ2) is 6.31. The van der Waals surface area contributed by atoms with E-state index in [1.54, 1.807) is 6.07 Å². The van der Waals surface area contributed by atoms with Gasteiger partial charge in [-0.1, -0.05) is 39.9 Å². The molecule has 3 N–H and O–H groups in total. The normalized spacial score (nSPS) is 12.8. The van der Waals surface area contributed by atoms with Crippen molar-refractivity contribution in [3.8, 4) is 0 Å². The minimum absolute atomic E-state index is 0.0332. The second-order valence-corrected chi connectivity index (χ2v) is 6.52. The van der Waals surface area contributed by atoms with E-state index >= 15 is 0 Å². The summed E-state index contributed by atoms with van der Waals surface area (Å²) in [7, 11) is 0. The number of nitrogens with two attached hydrogens (primary N) is 1. The first-order valence-electron chi connectivity index (χ1n) is 6.50. The molecule has 3 nitrogen and oxygen atoms in total. The first-order chi connectivity index (χ1) is 9.11. The second-order valence-electron chi connectivity index (χ2n) is 6.08. The molecule has 110 valence electrons. The molecule has 5 heteroatoms. The van der Waals surface area contributed by atoms with Crippen molar-refractivity contribution < 1.29 is 9.18 Å². The van der Waals surface area contributed by atoms with Gasteiger partial charge in [0.25, 0.3) is 0 Å².